The van der Waals surface area contributed by atoms with Gasteiger partial charge in [-0.05, 0) is 15.9 Å². The smallest absolute Gasteiger partial charge is 0.195 e. The van der Waals surface area contributed by atoms with Crippen LogP contribution in [0.1, 0.15) is 0 Å². The highest BCUT2D eigenvalue weighted by atomic mass is 79.9. The quantitative estimate of drug-likeness (QED) is 0.894. The van der Waals surface area contributed by atoms with Crippen molar-refractivity contribution in [1.29, 1.82) is 0 Å². The first-order valence-electron chi connectivity index (χ1n) is 5.21. The Bertz CT molecular complexity index is 449. The van der Waals surface area contributed by atoms with Gasteiger partial charge in [0.2, 0.25) is 0 Å². The van der Waals surface area contributed by atoms with Gasteiger partial charge in [-0.2, -0.15) is 0 Å². The van der Waals surface area contributed by atoms with Gasteiger partial charge in [-0.1, -0.05) is 0 Å². The van der Waals surface area contributed by atoms with E-state index >= 15 is 0 Å². The lowest BCUT2D eigenvalue weighted by Crippen LogP contribution is -2.26. The molecule has 0 atom stereocenters. The summed E-state index contributed by atoms with van der Waals surface area (Å²) >= 11 is 3.49. The number of halogens is 1. The molecule has 1 aliphatic heterocycles. The Labute approximate surface area is 108 Å². The monoisotopic (exact) mass is 299 g/mol. The Hall–Kier alpha value is -1.43. The van der Waals surface area contributed by atoms with E-state index in [-0.39, 0.29) is 0 Å². The molecule has 0 radical (unpaired) electrons. The van der Waals surface area contributed by atoms with E-state index in [4.69, 9.17) is 9.47 Å². The number of benzene rings is 1. The molecule has 0 unspecified atom stereocenters. The first-order valence-corrected chi connectivity index (χ1v) is 6.00. The molecule has 1 aliphatic rings. The van der Waals surface area contributed by atoms with Gasteiger partial charge in [0.25, 0.3) is 0 Å². The molecule has 1 aromatic carbocycles. The lowest BCUT2D eigenvalue weighted by molar-refractivity contribution is 0.393. The van der Waals surface area contributed by atoms with Gasteiger partial charge in [-0.3, -0.25) is 4.99 Å². The summed E-state index contributed by atoms with van der Waals surface area (Å²) in [6, 6.07) is 3.70. The van der Waals surface area contributed by atoms with Gasteiger partial charge in [0, 0.05) is 18.7 Å². The summed E-state index contributed by atoms with van der Waals surface area (Å²) in [5, 5.41) is 6.33. The summed E-state index contributed by atoms with van der Waals surface area (Å²) < 4.78 is 11.3. The third-order valence-electron chi connectivity index (χ3n) is 2.40. The van der Waals surface area contributed by atoms with Gasteiger partial charge in [-0.15, -0.1) is 0 Å². The first-order chi connectivity index (χ1) is 8.24. The largest absolute Gasteiger partial charge is 0.497 e. The standard InChI is InChI=1S/C11H14BrN3O2/c1-16-7-5-8(10(12)9(6-7)17-2)15-11-13-3-4-14-11/h5-6H,3-4H2,1-2H3,(H2,13,14,15). The number of methoxy groups -OCH3 is 2. The van der Waals surface area contributed by atoms with Crippen LogP contribution in [-0.4, -0.2) is 33.3 Å². The average Bonchev–Trinajstić information content (AvgIpc) is 2.84. The van der Waals surface area contributed by atoms with Crippen LogP contribution in [0.2, 0.25) is 0 Å². The second kappa shape index (κ2) is 5.27. The van der Waals surface area contributed by atoms with Gasteiger partial charge in [0.05, 0.1) is 30.9 Å². The van der Waals surface area contributed by atoms with Crippen molar-refractivity contribution < 1.29 is 9.47 Å². The molecule has 0 saturated carbocycles. The summed E-state index contributed by atoms with van der Waals surface area (Å²) in [6.45, 7) is 1.65. The van der Waals surface area contributed by atoms with Crippen LogP contribution in [0.15, 0.2) is 21.6 Å². The Morgan fingerprint density at radius 1 is 1.35 bits per heavy atom. The Balaban J connectivity index is 2.30. The molecule has 2 rings (SSSR count). The van der Waals surface area contributed by atoms with Gasteiger partial charge < -0.3 is 20.1 Å². The second-order valence-corrected chi connectivity index (χ2v) is 4.27. The average molecular weight is 300 g/mol. The molecule has 17 heavy (non-hydrogen) atoms. The van der Waals surface area contributed by atoms with Crippen molar-refractivity contribution in [3.8, 4) is 11.5 Å². The number of hydrogen-bond donors (Lipinski definition) is 2. The molecule has 5 nitrogen and oxygen atoms in total. The van der Waals surface area contributed by atoms with E-state index in [9.17, 15) is 0 Å². The lowest BCUT2D eigenvalue weighted by Gasteiger charge is -2.13. The Morgan fingerprint density at radius 3 is 2.76 bits per heavy atom. The van der Waals surface area contributed by atoms with Crippen molar-refractivity contribution in [1.82, 2.24) is 5.32 Å². The highest BCUT2D eigenvalue weighted by Crippen LogP contribution is 2.36. The van der Waals surface area contributed by atoms with E-state index in [0.717, 1.165) is 35.0 Å². The van der Waals surface area contributed by atoms with Crippen LogP contribution in [0, 0.1) is 0 Å². The number of anilines is 1. The fourth-order valence-electron chi connectivity index (χ4n) is 1.54. The summed E-state index contributed by atoms with van der Waals surface area (Å²) in [4.78, 5) is 4.28. The van der Waals surface area contributed by atoms with E-state index in [1.807, 2.05) is 12.1 Å². The molecule has 2 N–H and O–H groups in total. The number of rotatable bonds is 3. The minimum Gasteiger partial charge on any atom is -0.497 e. The Morgan fingerprint density at radius 2 is 2.18 bits per heavy atom. The van der Waals surface area contributed by atoms with Crippen LogP contribution >= 0.6 is 15.9 Å². The fourth-order valence-corrected chi connectivity index (χ4v) is 2.03. The van der Waals surface area contributed by atoms with Crippen LogP contribution in [0.4, 0.5) is 5.69 Å². The fraction of sp³-hybridized carbons (Fsp3) is 0.364. The molecule has 0 spiro atoms. The molecular weight excluding hydrogens is 286 g/mol. The number of nitrogens with one attached hydrogen (secondary N) is 2. The number of ether oxygens (including phenoxy) is 2. The molecule has 92 valence electrons. The first kappa shape index (κ1) is 12.0. The van der Waals surface area contributed by atoms with Gasteiger partial charge in [0.1, 0.15) is 11.5 Å². The van der Waals surface area contributed by atoms with Crippen molar-refractivity contribution >= 4 is 27.6 Å². The third kappa shape index (κ3) is 2.63. The SMILES string of the molecule is COc1cc(NC2=NCCN2)c(Br)c(OC)c1. The maximum atomic E-state index is 5.27. The molecule has 6 heteroatoms. The normalized spacial score (nSPS) is 13.9. The summed E-state index contributed by atoms with van der Waals surface area (Å²) in [5.41, 5.74) is 0.856. The molecule has 0 aromatic heterocycles. The van der Waals surface area contributed by atoms with E-state index in [0.29, 0.717) is 5.75 Å². The zero-order valence-corrected chi connectivity index (χ0v) is 11.3. The number of guanidine groups is 1. The molecule has 0 saturated heterocycles. The number of hydrogen-bond acceptors (Lipinski definition) is 5. The van der Waals surface area contributed by atoms with Crippen LogP contribution in [-0.2, 0) is 0 Å². The summed E-state index contributed by atoms with van der Waals surface area (Å²) in [7, 11) is 3.24. The summed E-state index contributed by atoms with van der Waals surface area (Å²) in [6.07, 6.45) is 0. The highest BCUT2D eigenvalue weighted by Gasteiger charge is 2.12. The molecule has 0 amide bonds. The second-order valence-electron chi connectivity index (χ2n) is 3.47. The summed E-state index contributed by atoms with van der Waals surface area (Å²) in [5.74, 6) is 2.21. The van der Waals surface area contributed by atoms with E-state index in [2.05, 4.69) is 31.6 Å². The minimum atomic E-state index is 0.713. The molecule has 1 aromatic rings. The van der Waals surface area contributed by atoms with Crippen molar-refractivity contribution in [3.05, 3.63) is 16.6 Å². The van der Waals surface area contributed by atoms with Crippen LogP contribution in [0.5, 0.6) is 11.5 Å². The third-order valence-corrected chi connectivity index (χ3v) is 3.21. The van der Waals surface area contributed by atoms with Gasteiger partial charge in [-0.25, -0.2) is 0 Å². The highest BCUT2D eigenvalue weighted by molar-refractivity contribution is 9.10. The predicted octanol–water partition coefficient (Wildman–Crippen LogP) is 1.84. The number of nitrogens with zero attached hydrogens (tertiary/aromatic N) is 1. The van der Waals surface area contributed by atoms with Crippen LogP contribution in [0.25, 0.3) is 0 Å². The maximum Gasteiger partial charge on any atom is 0.195 e. The van der Waals surface area contributed by atoms with Crippen LogP contribution in [0.3, 0.4) is 0 Å². The topological polar surface area (TPSA) is 54.9 Å². The zero-order chi connectivity index (χ0) is 12.3. The molecule has 1 heterocycles. The molecular formula is C11H14BrN3O2. The molecule has 0 bridgehead atoms. The maximum absolute atomic E-state index is 5.27. The van der Waals surface area contributed by atoms with E-state index in [1.165, 1.54) is 0 Å². The zero-order valence-electron chi connectivity index (χ0n) is 9.71. The lowest BCUT2D eigenvalue weighted by atomic mass is 10.3. The molecule has 0 aliphatic carbocycles. The molecule has 0 fully saturated rings. The predicted molar refractivity (Wildman–Crippen MR) is 71.2 cm³/mol. The van der Waals surface area contributed by atoms with Crippen molar-refractivity contribution in [2.45, 2.75) is 0 Å². The van der Waals surface area contributed by atoms with Crippen molar-refractivity contribution in [2.24, 2.45) is 4.99 Å². The van der Waals surface area contributed by atoms with Crippen molar-refractivity contribution in [3.63, 3.8) is 0 Å². The Kier molecular flexibility index (Phi) is 3.73. The van der Waals surface area contributed by atoms with Crippen molar-refractivity contribution in [2.75, 3.05) is 32.6 Å². The van der Waals surface area contributed by atoms with E-state index < -0.39 is 0 Å². The van der Waals surface area contributed by atoms with Gasteiger partial charge >= 0.3 is 0 Å². The minimum absolute atomic E-state index is 0.713. The van der Waals surface area contributed by atoms with E-state index in [1.54, 1.807) is 14.2 Å². The van der Waals surface area contributed by atoms with Crippen LogP contribution < -0.4 is 20.1 Å². The number of aliphatic imine (C=N–C) groups is 1. The van der Waals surface area contributed by atoms with Gasteiger partial charge in [0.15, 0.2) is 5.96 Å².